The summed E-state index contributed by atoms with van der Waals surface area (Å²) in [5, 5.41) is 5.21. The summed E-state index contributed by atoms with van der Waals surface area (Å²) in [4.78, 5) is 15.2. The molecule has 0 aromatic carbocycles. The Kier molecular flexibility index (Phi) is 2.71. The lowest BCUT2D eigenvalue weighted by Gasteiger charge is -2.05. The quantitative estimate of drug-likeness (QED) is 0.858. The van der Waals surface area contributed by atoms with Crippen LogP contribution in [-0.2, 0) is 11.3 Å². The molecule has 0 spiro atoms. The standard InChI is InChI=1S/C12H14N4O2/c13-11(17)9-3-10-6-16(15-12(10)14-4-9)5-8-1-2-18-7-8/h3-4,6,8H,1-2,5,7H2,(H2,13,17). The average molecular weight is 246 g/mol. The fourth-order valence-corrected chi connectivity index (χ4v) is 2.18. The smallest absolute Gasteiger partial charge is 0.250 e. The van der Waals surface area contributed by atoms with Crippen LogP contribution in [0.2, 0.25) is 0 Å². The highest BCUT2D eigenvalue weighted by Crippen LogP contribution is 2.17. The van der Waals surface area contributed by atoms with Crippen LogP contribution >= 0.6 is 0 Å². The number of rotatable bonds is 3. The number of nitrogens with two attached hydrogens (primary N) is 1. The molecule has 0 radical (unpaired) electrons. The summed E-state index contributed by atoms with van der Waals surface area (Å²) < 4.78 is 7.20. The second-order valence-electron chi connectivity index (χ2n) is 4.58. The molecule has 94 valence electrons. The van der Waals surface area contributed by atoms with Crippen LogP contribution in [0.4, 0.5) is 0 Å². The van der Waals surface area contributed by atoms with E-state index < -0.39 is 5.91 Å². The average Bonchev–Trinajstić information content (AvgIpc) is 2.96. The summed E-state index contributed by atoms with van der Waals surface area (Å²) in [6, 6.07) is 1.72. The monoisotopic (exact) mass is 246 g/mol. The molecular formula is C12H14N4O2. The number of carbonyl (C=O) groups excluding carboxylic acids is 1. The molecule has 6 nitrogen and oxygen atoms in total. The van der Waals surface area contributed by atoms with Gasteiger partial charge in [-0.1, -0.05) is 0 Å². The van der Waals surface area contributed by atoms with Gasteiger partial charge in [-0.15, -0.1) is 0 Å². The molecule has 0 aliphatic carbocycles. The zero-order valence-electron chi connectivity index (χ0n) is 9.87. The van der Waals surface area contributed by atoms with Gasteiger partial charge in [-0.3, -0.25) is 9.48 Å². The summed E-state index contributed by atoms with van der Waals surface area (Å²) >= 11 is 0. The first kappa shape index (κ1) is 11.2. The molecule has 18 heavy (non-hydrogen) atoms. The van der Waals surface area contributed by atoms with Crippen molar-refractivity contribution in [3.63, 3.8) is 0 Å². The van der Waals surface area contributed by atoms with E-state index in [1.165, 1.54) is 6.20 Å². The highest BCUT2D eigenvalue weighted by atomic mass is 16.5. The molecule has 1 aliphatic heterocycles. The molecule has 0 bridgehead atoms. The Bertz CT molecular complexity index is 587. The summed E-state index contributed by atoms with van der Waals surface area (Å²) in [5.74, 6) is 0.0382. The van der Waals surface area contributed by atoms with Crippen molar-refractivity contribution < 1.29 is 9.53 Å². The minimum Gasteiger partial charge on any atom is -0.381 e. The van der Waals surface area contributed by atoms with Gasteiger partial charge in [0.1, 0.15) is 0 Å². The van der Waals surface area contributed by atoms with Crippen molar-refractivity contribution in [2.24, 2.45) is 11.7 Å². The fraction of sp³-hybridized carbons (Fsp3) is 0.417. The van der Waals surface area contributed by atoms with Crippen LogP contribution in [0.3, 0.4) is 0 Å². The van der Waals surface area contributed by atoms with Crippen LogP contribution < -0.4 is 5.73 Å². The van der Waals surface area contributed by atoms with Gasteiger partial charge in [-0.2, -0.15) is 5.10 Å². The van der Waals surface area contributed by atoms with Crippen LogP contribution in [-0.4, -0.2) is 33.9 Å². The Hall–Kier alpha value is -1.95. The predicted octanol–water partition coefficient (Wildman–Crippen LogP) is 0.567. The lowest BCUT2D eigenvalue weighted by molar-refractivity contribution is 0.1000. The number of fused-ring (bicyclic) bond motifs is 1. The predicted molar refractivity (Wildman–Crippen MR) is 65.0 cm³/mol. The molecule has 3 rings (SSSR count). The topological polar surface area (TPSA) is 83.0 Å². The number of hydrogen-bond acceptors (Lipinski definition) is 4. The molecule has 0 saturated carbocycles. The van der Waals surface area contributed by atoms with E-state index in [2.05, 4.69) is 10.1 Å². The maximum Gasteiger partial charge on any atom is 0.250 e. The van der Waals surface area contributed by atoms with Crippen molar-refractivity contribution in [2.75, 3.05) is 13.2 Å². The Balaban J connectivity index is 1.87. The fourth-order valence-electron chi connectivity index (χ4n) is 2.18. The molecule has 2 N–H and O–H groups in total. The SMILES string of the molecule is NC(=O)c1cnc2nn(CC3CCOC3)cc2c1. The molecule has 1 atom stereocenters. The van der Waals surface area contributed by atoms with E-state index in [4.69, 9.17) is 10.5 Å². The molecule has 1 saturated heterocycles. The van der Waals surface area contributed by atoms with Gasteiger partial charge in [-0.05, 0) is 12.5 Å². The number of nitrogens with zero attached hydrogens (tertiary/aromatic N) is 3. The third-order valence-electron chi connectivity index (χ3n) is 3.16. The van der Waals surface area contributed by atoms with Gasteiger partial charge < -0.3 is 10.5 Å². The van der Waals surface area contributed by atoms with Gasteiger partial charge in [-0.25, -0.2) is 4.98 Å². The van der Waals surface area contributed by atoms with Crippen molar-refractivity contribution in [3.8, 4) is 0 Å². The van der Waals surface area contributed by atoms with E-state index in [-0.39, 0.29) is 0 Å². The highest BCUT2D eigenvalue weighted by molar-refractivity contribution is 5.95. The largest absolute Gasteiger partial charge is 0.381 e. The van der Waals surface area contributed by atoms with E-state index >= 15 is 0 Å². The lowest BCUT2D eigenvalue weighted by atomic mass is 10.1. The molecule has 6 heteroatoms. The van der Waals surface area contributed by atoms with Gasteiger partial charge in [0.15, 0.2) is 5.65 Å². The van der Waals surface area contributed by atoms with Crippen LogP contribution in [0.5, 0.6) is 0 Å². The lowest BCUT2D eigenvalue weighted by Crippen LogP contribution is -2.11. The molecule has 1 fully saturated rings. The summed E-state index contributed by atoms with van der Waals surface area (Å²) in [5.41, 5.74) is 6.27. The van der Waals surface area contributed by atoms with Crippen molar-refractivity contribution in [1.29, 1.82) is 0 Å². The number of hydrogen-bond donors (Lipinski definition) is 1. The Morgan fingerprint density at radius 1 is 1.61 bits per heavy atom. The number of amides is 1. The number of carbonyl (C=O) groups is 1. The van der Waals surface area contributed by atoms with Crippen LogP contribution in [0.25, 0.3) is 11.0 Å². The maximum absolute atomic E-state index is 11.1. The maximum atomic E-state index is 11.1. The zero-order valence-corrected chi connectivity index (χ0v) is 9.87. The van der Waals surface area contributed by atoms with Crippen LogP contribution in [0.1, 0.15) is 16.8 Å². The molecule has 2 aromatic heterocycles. The molecule has 1 aliphatic rings. The normalized spacial score (nSPS) is 19.4. The van der Waals surface area contributed by atoms with Crippen LogP contribution in [0.15, 0.2) is 18.5 Å². The van der Waals surface area contributed by atoms with E-state index in [0.29, 0.717) is 17.1 Å². The van der Waals surface area contributed by atoms with Gasteiger partial charge in [0, 0.05) is 36.8 Å². The summed E-state index contributed by atoms with van der Waals surface area (Å²) in [6.45, 7) is 2.44. The van der Waals surface area contributed by atoms with Crippen molar-refractivity contribution in [2.45, 2.75) is 13.0 Å². The molecule has 2 aromatic rings. The van der Waals surface area contributed by atoms with E-state index in [0.717, 1.165) is 31.6 Å². The second kappa shape index (κ2) is 4.38. The first-order chi connectivity index (χ1) is 8.72. The zero-order chi connectivity index (χ0) is 12.5. The third-order valence-corrected chi connectivity index (χ3v) is 3.16. The van der Waals surface area contributed by atoms with Gasteiger partial charge in [0.25, 0.3) is 0 Å². The van der Waals surface area contributed by atoms with E-state index in [9.17, 15) is 4.79 Å². The van der Waals surface area contributed by atoms with Crippen molar-refractivity contribution in [1.82, 2.24) is 14.8 Å². The molecule has 1 unspecified atom stereocenters. The first-order valence-electron chi connectivity index (χ1n) is 5.93. The number of pyridine rings is 1. The minimum atomic E-state index is -0.471. The van der Waals surface area contributed by atoms with E-state index in [1.54, 1.807) is 6.07 Å². The van der Waals surface area contributed by atoms with Crippen molar-refractivity contribution in [3.05, 3.63) is 24.0 Å². The van der Waals surface area contributed by atoms with Crippen molar-refractivity contribution >= 4 is 16.9 Å². The minimum absolute atomic E-state index is 0.409. The van der Waals surface area contributed by atoms with E-state index in [1.807, 2.05) is 10.9 Å². The third kappa shape index (κ3) is 2.06. The Morgan fingerprint density at radius 2 is 2.50 bits per heavy atom. The highest BCUT2D eigenvalue weighted by Gasteiger charge is 2.17. The Labute approximate surface area is 104 Å². The molecule has 3 heterocycles. The number of ether oxygens (including phenoxy) is 1. The summed E-state index contributed by atoms with van der Waals surface area (Å²) in [7, 11) is 0. The summed E-state index contributed by atoms with van der Waals surface area (Å²) in [6.07, 6.45) is 4.42. The van der Waals surface area contributed by atoms with Crippen LogP contribution in [0, 0.1) is 5.92 Å². The second-order valence-corrected chi connectivity index (χ2v) is 4.58. The van der Waals surface area contributed by atoms with Gasteiger partial charge >= 0.3 is 0 Å². The number of aromatic nitrogens is 3. The first-order valence-corrected chi connectivity index (χ1v) is 5.93. The Morgan fingerprint density at radius 3 is 3.22 bits per heavy atom. The number of primary amides is 1. The van der Waals surface area contributed by atoms with Gasteiger partial charge in [0.2, 0.25) is 5.91 Å². The van der Waals surface area contributed by atoms with Gasteiger partial charge in [0.05, 0.1) is 12.2 Å². The molecule has 1 amide bonds. The molecular weight excluding hydrogens is 232 g/mol.